The van der Waals surface area contributed by atoms with E-state index in [0.29, 0.717) is 21.3 Å². The number of aromatic carboxylic acids is 1. The number of fused-ring (bicyclic) bond motifs is 1. The summed E-state index contributed by atoms with van der Waals surface area (Å²) in [4.78, 5) is 17.6. The van der Waals surface area contributed by atoms with Gasteiger partial charge in [0.05, 0.1) is 11.3 Å². The summed E-state index contributed by atoms with van der Waals surface area (Å²) in [7, 11) is 0. The highest BCUT2D eigenvalue weighted by Crippen LogP contribution is 2.24. The standard InChI is InChI=1S/C8H6BrN3O2/c9-6-5(10)1-3-4(8(13)14)2-11-7(3)12-6/h1-2H,10H2,(H,11,12)(H,13,14). The van der Waals surface area contributed by atoms with Crippen LogP contribution in [0.1, 0.15) is 10.4 Å². The van der Waals surface area contributed by atoms with Gasteiger partial charge in [0, 0.05) is 11.6 Å². The molecule has 0 fully saturated rings. The lowest BCUT2D eigenvalue weighted by molar-refractivity contribution is 0.0699. The minimum absolute atomic E-state index is 0.173. The number of aromatic nitrogens is 2. The third-order valence-corrected chi connectivity index (χ3v) is 2.51. The van der Waals surface area contributed by atoms with Crippen LogP contribution in [-0.2, 0) is 0 Å². The zero-order valence-corrected chi connectivity index (χ0v) is 8.50. The van der Waals surface area contributed by atoms with Crippen LogP contribution in [-0.4, -0.2) is 21.0 Å². The van der Waals surface area contributed by atoms with E-state index in [1.807, 2.05) is 0 Å². The number of nitrogens with one attached hydrogen (secondary N) is 1. The van der Waals surface area contributed by atoms with Crippen molar-refractivity contribution in [3.05, 3.63) is 22.4 Å². The van der Waals surface area contributed by atoms with Gasteiger partial charge in [0.25, 0.3) is 0 Å². The van der Waals surface area contributed by atoms with E-state index in [-0.39, 0.29) is 5.56 Å². The molecule has 0 saturated heterocycles. The lowest BCUT2D eigenvalue weighted by Gasteiger charge is -1.97. The van der Waals surface area contributed by atoms with Gasteiger partial charge in [-0.2, -0.15) is 0 Å². The summed E-state index contributed by atoms with van der Waals surface area (Å²) in [6.07, 6.45) is 1.39. The lowest BCUT2D eigenvalue weighted by Crippen LogP contribution is -1.95. The second kappa shape index (κ2) is 2.98. The Hall–Kier alpha value is -1.56. The Morgan fingerprint density at radius 3 is 3.00 bits per heavy atom. The lowest BCUT2D eigenvalue weighted by atomic mass is 10.2. The van der Waals surface area contributed by atoms with Crippen molar-refractivity contribution < 1.29 is 9.90 Å². The van der Waals surface area contributed by atoms with E-state index >= 15 is 0 Å². The minimum Gasteiger partial charge on any atom is -0.478 e. The van der Waals surface area contributed by atoms with Gasteiger partial charge in [-0.3, -0.25) is 0 Å². The number of nitrogen functional groups attached to an aromatic ring is 1. The van der Waals surface area contributed by atoms with Gasteiger partial charge in [-0.05, 0) is 22.0 Å². The number of carboxylic acid groups (broad SMARTS) is 1. The van der Waals surface area contributed by atoms with Crippen LogP contribution in [0.25, 0.3) is 11.0 Å². The SMILES string of the molecule is Nc1cc2c(C(=O)O)c[nH]c2nc1Br. The van der Waals surface area contributed by atoms with Crippen molar-refractivity contribution in [2.45, 2.75) is 0 Å². The van der Waals surface area contributed by atoms with Gasteiger partial charge in [-0.25, -0.2) is 9.78 Å². The fourth-order valence-electron chi connectivity index (χ4n) is 1.22. The molecule has 0 unspecified atom stereocenters. The van der Waals surface area contributed by atoms with E-state index in [4.69, 9.17) is 10.8 Å². The van der Waals surface area contributed by atoms with Crippen LogP contribution in [0.5, 0.6) is 0 Å². The molecule has 0 bridgehead atoms. The molecule has 4 N–H and O–H groups in total. The molecule has 14 heavy (non-hydrogen) atoms. The number of hydrogen-bond donors (Lipinski definition) is 3. The third-order valence-electron chi connectivity index (χ3n) is 1.88. The molecule has 2 heterocycles. The maximum absolute atomic E-state index is 10.8. The van der Waals surface area contributed by atoms with E-state index in [1.165, 1.54) is 6.20 Å². The molecule has 2 aromatic heterocycles. The van der Waals surface area contributed by atoms with E-state index < -0.39 is 5.97 Å². The number of carbonyl (C=O) groups is 1. The summed E-state index contributed by atoms with van der Waals surface area (Å²) in [5.74, 6) is -1.00. The molecule has 2 rings (SSSR count). The van der Waals surface area contributed by atoms with Gasteiger partial charge in [0.1, 0.15) is 10.3 Å². The van der Waals surface area contributed by atoms with Gasteiger partial charge >= 0.3 is 5.97 Å². The fourth-order valence-corrected chi connectivity index (χ4v) is 1.51. The normalized spacial score (nSPS) is 10.6. The number of nitrogens with zero attached hydrogens (tertiary/aromatic N) is 1. The van der Waals surface area contributed by atoms with Crippen molar-refractivity contribution in [3.8, 4) is 0 Å². The molecule has 0 aliphatic heterocycles. The quantitative estimate of drug-likeness (QED) is 0.676. The van der Waals surface area contributed by atoms with E-state index in [2.05, 4.69) is 25.9 Å². The Morgan fingerprint density at radius 2 is 2.36 bits per heavy atom. The number of rotatable bonds is 1. The Balaban J connectivity index is 2.80. The Bertz CT molecular complexity index is 521. The van der Waals surface area contributed by atoms with Crippen LogP contribution in [0, 0.1) is 0 Å². The number of aromatic amines is 1. The molecule has 0 amide bonds. The summed E-state index contributed by atoms with van der Waals surface area (Å²) in [5.41, 5.74) is 6.69. The first-order chi connectivity index (χ1) is 6.59. The maximum Gasteiger partial charge on any atom is 0.337 e. The number of H-pyrrole nitrogens is 1. The molecule has 0 spiro atoms. The second-order valence-corrected chi connectivity index (χ2v) is 3.52. The van der Waals surface area contributed by atoms with Gasteiger partial charge in [0.15, 0.2) is 0 Å². The number of pyridine rings is 1. The maximum atomic E-state index is 10.8. The van der Waals surface area contributed by atoms with Crippen LogP contribution >= 0.6 is 15.9 Å². The van der Waals surface area contributed by atoms with Crippen molar-refractivity contribution in [2.75, 3.05) is 5.73 Å². The topological polar surface area (TPSA) is 92.0 Å². The third kappa shape index (κ3) is 1.24. The van der Waals surface area contributed by atoms with Crippen molar-refractivity contribution in [2.24, 2.45) is 0 Å². The summed E-state index contributed by atoms with van der Waals surface area (Å²) in [5, 5.41) is 9.34. The van der Waals surface area contributed by atoms with Gasteiger partial charge in [-0.15, -0.1) is 0 Å². The predicted octanol–water partition coefficient (Wildman–Crippen LogP) is 1.61. The van der Waals surface area contributed by atoms with Crippen LogP contribution < -0.4 is 5.73 Å². The zero-order valence-electron chi connectivity index (χ0n) is 6.91. The second-order valence-electron chi connectivity index (χ2n) is 2.77. The van der Waals surface area contributed by atoms with Crippen molar-refractivity contribution >= 4 is 38.6 Å². The number of nitrogens with two attached hydrogens (primary N) is 1. The number of halogens is 1. The number of hydrogen-bond acceptors (Lipinski definition) is 3. The first-order valence-corrected chi connectivity index (χ1v) is 4.55. The Kier molecular flexibility index (Phi) is 1.92. The summed E-state index contributed by atoms with van der Waals surface area (Å²) in [6.45, 7) is 0. The highest BCUT2D eigenvalue weighted by molar-refractivity contribution is 9.10. The molecule has 0 atom stereocenters. The number of carboxylic acids is 1. The molecule has 2 aromatic rings. The molecule has 0 aliphatic carbocycles. The van der Waals surface area contributed by atoms with E-state index in [0.717, 1.165) is 0 Å². The van der Waals surface area contributed by atoms with Crippen molar-refractivity contribution in [1.82, 2.24) is 9.97 Å². The van der Waals surface area contributed by atoms with Crippen molar-refractivity contribution in [1.29, 1.82) is 0 Å². The molecule has 0 radical (unpaired) electrons. The van der Waals surface area contributed by atoms with Crippen LogP contribution in [0.2, 0.25) is 0 Å². The Labute approximate surface area is 87.1 Å². The molecule has 6 heteroatoms. The van der Waals surface area contributed by atoms with E-state index in [9.17, 15) is 4.79 Å². The molecular weight excluding hydrogens is 250 g/mol. The molecule has 5 nitrogen and oxygen atoms in total. The van der Waals surface area contributed by atoms with Crippen LogP contribution in [0.15, 0.2) is 16.9 Å². The summed E-state index contributed by atoms with van der Waals surface area (Å²) >= 11 is 3.16. The molecule has 0 saturated carbocycles. The largest absolute Gasteiger partial charge is 0.478 e. The highest BCUT2D eigenvalue weighted by Gasteiger charge is 2.12. The molecular formula is C8H6BrN3O2. The first-order valence-electron chi connectivity index (χ1n) is 3.76. The zero-order chi connectivity index (χ0) is 10.3. The van der Waals surface area contributed by atoms with Gasteiger partial charge < -0.3 is 15.8 Å². The summed E-state index contributed by atoms with van der Waals surface area (Å²) in [6, 6.07) is 1.58. The average Bonchev–Trinajstić information content (AvgIpc) is 2.48. The van der Waals surface area contributed by atoms with Crippen molar-refractivity contribution in [3.63, 3.8) is 0 Å². The Morgan fingerprint density at radius 1 is 1.64 bits per heavy atom. The van der Waals surface area contributed by atoms with Gasteiger partial charge in [0.2, 0.25) is 0 Å². The summed E-state index contributed by atoms with van der Waals surface area (Å²) < 4.78 is 0.504. The fraction of sp³-hybridized carbons (Fsp3) is 0. The first kappa shape index (κ1) is 9.01. The smallest absolute Gasteiger partial charge is 0.337 e. The predicted molar refractivity (Wildman–Crippen MR) is 55.2 cm³/mol. The monoisotopic (exact) mass is 255 g/mol. The molecule has 0 aromatic carbocycles. The van der Waals surface area contributed by atoms with Crippen LogP contribution in [0.3, 0.4) is 0 Å². The highest BCUT2D eigenvalue weighted by atomic mass is 79.9. The minimum atomic E-state index is -1.00. The molecule has 72 valence electrons. The van der Waals surface area contributed by atoms with Gasteiger partial charge in [-0.1, -0.05) is 0 Å². The van der Waals surface area contributed by atoms with Crippen LogP contribution in [0.4, 0.5) is 5.69 Å². The van der Waals surface area contributed by atoms with E-state index in [1.54, 1.807) is 6.07 Å². The average molecular weight is 256 g/mol. The molecule has 0 aliphatic rings. The number of anilines is 1.